The second kappa shape index (κ2) is 8.11. The molecule has 0 saturated heterocycles. The summed E-state index contributed by atoms with van der Waals surface area (Å²) in [5, 5.41) is 0. The number of hydrogen-bond acceptors (Lipinski definition) is 4. The largest absolute Gasteiger partial charge is 0.462 e. The summed E-state index contributed by atoms with van der Waals surface area (Å²) in [7, 11) is 0. The van der Waals surface area contributed by atoms with Crippen molar-refractivity contribution >= 4 is 11.9 Å². The van der Waals surface area contributed by atoms with Crippen LogP contribution in [0.3, 0.4) is 0 Å². The molecule has 1 atom stereocenters. The molecule has 0 aromatic carbocycles. The Morgan fingerprint density at radius 3 is 2.33 bits per heavy atom. The molecule has 4 nitrogen and oxygen atoms in total. The van der Waals surface area contributed by atoms with Crippen LogP contribution in [0.1, 0.15) is 52.4 Å². The van der Waals surface area contributed by atoms with Crippen LogP contribution >= 0.6 is 0 Å². The third-order valence-corrected chi connectivity index (χ3v) is 3.61. The highest BCUT2D eigenvalue weighted by atomic mass is 16.6. The van der Waals surface area contributed by atoms with Gasteiger partial charge in [-0.05, 0) is 18.8 Å². The van der Waals surface area contributed by atoms with E-state index in [-0.39, 0.29) is 31.1 Å². The fraction of sp³-hybridized carbons (Fsp3) is 0.857. The second-order valence-electron chi connectivity index (χ2n) is 4.93. The number of carbonyl (C=O) groups excluding carboxylic acids is 2. The van der Waals surface area contributed by atoms with Crippen molar-refractivity contribution in [3.8, 4) is 0 Å². The molecule has 0 radical (unpaired) electrons. The molecule has 1 saturated carbocycles. The van der Waals surface area contributed by atoms with E-state index in [2.05, 4.69) is 0 Å². The van der Waals surface area contributed by atoms with Gasteiger partial charge in [-0.15, -0.1) is 0 Å². The van der Waals surface area contributed by atoms with E-state index in [0.717, 1.165) is 12.8 Å². The van der Waals surface area contributed by atoms with Gasteiger partial charge in [-0.2, -0.15) is 0 Å². The standard InChI is InChI=1S/C14H24O4/c1-3-13(15)17-9-10-18-14(16)11(2)12-7-5-4-6-8-12/h11-12H,3-10H2,1-2H3. The van der Waals surface area contributed by atoms with Crippen LogP contribution < -0.4 is 0 Å². The summed E-state index contributed by atoms with van der Waals surface area (Å²) in [6, 6.07) is 0. The molecule has 1 aliphatic rings. The number of carbonyl (C=O) groups is 2. The Morgan fingerprint density at radius 1 is 1.11 bits per heavy atom. The quantitative estimate of drug-likeness (QED) is 0.541. The lowest BCUT2D eigenvalue weighted by Gasteiger charge is -2.26. The molecule has 104 valence electrons. The molecule has 0 heterocycles. The topological polar surface area (TPSA) is 52.6 Å². The molecule has 1 fully saturated rings. The minimum absolute atomic E-state index is 0.0350. The van der Waals surface area contributed by atoms with Gasteiger partial charge in [0.1, 0.15) is 13.2 Å². The average Bonchev–Trinajstić information content (AvgIpc) is 2.43. The van der Waals surface area contributed by atoms with Crippen LogP contribution in [-0.2, 0) is 19.1 Å². The van der Waals surface area contributed by atoms with Gasteiger partial charge in [0.05, 0.1) is 5.92 Å². The third-order valence-electron chi connectivity index (χ3n) is 3.61. The molecule has 0 amide bonds. The predicted molar refractivity (Wildman–Crippen MR) is 67.9 cm³/mol. The van der Waals surface area contributed by atoms with Crippen molar-refractivity contribution in [3.05, 3.63) is 0 Å². The lowest BCUT2D eigenvalue weighted by molar-refractivity contribution is -0.156. The van der Waals surface area contributed by atoms with Crippen LogP contribution in [0.4, 0.5) is 0 Å². The summed E-state index contributed by atoms with van der Waals surface area (Å²) in [6.45, 7) is 4.01. The third kappa shape index (κ3) is 5.07. The first-order valence-corrected chi connectivity index (χ1v) is 6.97. The first-order valence-electron chi connectivity index (χ1n) is 6.97. The molecule has 0 aliphatic heterocycles. The monoisotopic (exact) mass is 256 g/mol. The number of esters is 2. The van der Waals surface area contributed by atoms with Crippen molar-refractivity contribution < 1.29 is 19.1 Å². The lowest BCUT2D eigenvalue weighted by Crippen LogP contribution is -2.26. The van der Waals surface area contributed by atoms with Crippen molar-refractivity contribution in [2.24, 2.45) is 11.8 Å². The van der Waals surface area contributed by atoms with E-state index in [0.29, 0.717) is 12.3 Å². The molecule has 18 heavy (non-hydrogen) atoms. The second-order valence-corrected chi connectivity index (χ2v) is 4.93. The van der Waals surface area contributed by atoms with Gasteiger partial charge in [0, 0.05) is 6.42 Å². The molecular formula is C14H24O4. The maximum atomic E-state index is 11.8. The Morgan fingerprint density at radius 2 is 1.72 bits per heavy atom. The fourth-order valence-corrected chi connectivity index (χ4v) is 2.36. The zero-order chi connectivity index (χ0) is 13.4. The number of rotatable bonds is 6. The molecule has 1 aliphatic carbocycles. The smallest absolute Gasteiger partial charge is 0.309 e. The first-order chi connectivity index (χ1) is 8.65. The normalized spacial score (nSPS) is 18.1. The molecule has 0 N–H and O–H groups in total. The molecule has 0 aromatic heterocycles. The Balaban J connectivity index is 2.17. The predicted octanol–water partition coefficient (Wildman–Crippen LogP) is 2.70. The van der Waals surface area contributed by atoms with E-state index in [1.165, 1.54) is 19.3 Å². The van der Waals surface area contributed by atoms with Crippen LogP contribution in [-0.4, -0.2) is 25.2 Å². The summed E-state index contributed by atoms with van der Waals surface area (Å²) in [4.78, 5) is 22.7. The van der Waals surface area contributed by atoms with Gasteiger partial charge >= 0.3 is 11.9 Å². The van der Waals surface area contributed by atoms with Gasteiger partial charge < -0.3 is 9.47 Å². The molecule has 1 rings (SSSR count). The zero-order valence-corrected chi connectivity index (χ0v) is 11.4. The molecule has 0 spiro atoms. The summed E-state index contributed by atoms with van der Waals surface area (Å²) in [6.07, 6.45) is 6.33. The van der Waals surface area contributed by atoms with Gasteiger partial charge in [-0.25, -0.2) is 0 Å². The summed E-state index contributed by atoms with van der Waals surface area (Å²) < 4.78 is 9.99. The van der Waals surface area contributed by atoms with E-state index in [1.54, 1.807) is 6.92 Å². The van der Waals surface area contributed by atoms with Crippen LogP contribution in [0.2, 0.25) is 0 Å². The van der Waals surface area contributed by atoms with E-state index in [9.17, 15) is 9.59 Å². The minimum atomic E-state index is -0.258. The maximum absolute atomic E-state index is 11.8. The van der Waals surface area contributed by atoms with Gasteiger partial charge in [0.2, 0.25) is 0 Å². The van der Waals surface area contributed by atoms with Crippen molar-refractivity contribution in [2.45, 2.75) is 52.4 Å². The lowest BCUT2D eigenvalue weighted by atomic mass is 9.81. The molecule has 0 aromatic rings. The van der Waals surface area contributed by atoms with Crippen LogP contribution in [0, 0.1) is 11.8 Å². The van der Waals surface area contributed by atoms with Crippen molar-refractivity contribution in [1.82, 2.24) is 0 Å². The molecular weight excluding hydrogens is 232 g/mol. The molecule has 0 bridgehead atoms. The van der Waals surface area contributed by atoms with E-state index in [4.69, 9.17) is 9.47 Å². The Kier molecular flexibility index (Phi) is 6.76. The highest BCUT2D eigenvalue weighted by Gasteiger charge is 2.26. The highest BCUT2D eigenvalue weighted by molar-refractivity contribution is 5.72. The average molecular weight is 256 g/mol. The van der Waals surface area contributed by atoms with E-state index >= 15 is 0 Å². The van der Waals surface area contributed by atoms with Gasteiger partial charge in [0.15, 0.2) is 0 Å². The number of hydrogen-bond donors (Lipinski definition) is 0. The Bertz CT molecular complexity index is 269. The van der Waals surface area contributed by atoms with Crippen molar-refractivity contribution in [1.29, 1.82) is 0 Å². The van der Waals surface area contributed by atoms with Crippen molar-refractivity contribution in [3.63, 3.8) is 0 Å². The first kappa shape index (κ1) is 15.0. The van der Waals surface area contributed by atoms with Gasteiger partial charge in [0.25, 0.3) is 0 Å². The summed E-state index contributed by atoms with van der Waals surface area (Å²) >= 11 is 0. The van der Waals surface area contributed by atoms with Crippen molar-refractivity contribution in [2.75, 3.05) is 13.2 Å². The summed E-state index contributed by atoms with van der Waals surface area (Å²) in [5.41, 5.74) is 0. The summed E-state index contributed by atoms with van der Waals surface area (Å²) in [5.74, 6) is 0.0115. The zero-order valence-electron chi connectivity index (χ0n) is 11.4. The Labute approximate surface area is 109 Å². The van der Waals surface area contributed by atoms with Crippen LogP contribution in [0.5, 0.6) is 0 Å². The highest BCUT2D eigenvalue weighted by Crippen LogP contribution is 2.30. The molecule has 1 unspecified atom stereocenters. The van der Waals surface area contributed by atoms with Gasteiger partial charge in [-0.1, -0.05) is 33.1 Å². The SMILES string of the molecule is CCC(=O)OCCOC(=O)C(C)C1CCCCC1. The van der Waals surface area contributed by atoms with Gasteiger partial charge in [-0.3, -0.25) is 9.59 Å². The van der Waals surface area contributed by atoms with Crippen LogP contribution in [0.15, 0.2) is 0 Å². The van der Waals surface area contributed by atoms with Crippen LogP contribution in [0.25, 0.3) is 0 Å². The maximum Gasteiger partial charge on any atom is 0.309 e. The minimum Gasteiger partial charge on any atom is -0.462 e. The number of ether oxygens (including phenoxy) is 2. The fourth-order valence-electron chi connectivity index (χ4n) is 2.36. The van der Waals surface area contributed by atoms with E-state index < -0.39 is 0 Å². The Hall–Kier alpha value is -1.06. The molecule has 4 heteroatoms. The van der Waals surface area contributed by atoms with E-state index in [1.807, 2.05) is 6.92 Å².